The predicted octanol–water partition coefficient (Wildman–Crippen LogP) is 2.66. The number of thioether (sulfide) groups is 1. The molecular formula is C13H18BrNO2S. The number of hydrogen-bond donors (Lipinski definition) is 2. The summed E-state index contributed by atoms with van der Waals surface area (Å²) < 4.78 is 1.09. The van der Waals surface area contributed by atoms with Gasteiger partial charge in [0.2, 0.25) is 5.91 Å². The highest BCUT2D eigenvalue weighted by Crippen LogP contribution is 2.28. The van der Waals surface area contributed by atoms with Crippen LogP contribution in [0.25, 0.3) is 0 Å². The van der Waals surface area contributed by atoms with E-state index in [0.717, 1.165) is 20.5 Å². The predicted molar refractivity (Wildman–Crippen MR) is 79.0 cm³/mol. The van der Waals surface area contributed by atoms with Gasteiger partial charge in [0.05, 0.1) is 11.9 Å². The van der Waals surface area contributed by atoms with Gasteiger partial charge in [-0.05, 0) is 44.0 Å². The van der Waals surface area contributed by atoms with Gasteiger partial charge in [-0.3, -0.25) is 4.79 Å². The standard InChI is InChI=1S/C13H18BrNO2S/c1-8-5-12(9(2)4-11(8)14)18-7-13(17)15-6-10(3)16/h4-5,10,16H,6-7H2,1-3H3,(H,15,17)/t10-/m1/s1. The van der Waals surface area contributed by atoms with E-state index in [0.29, 0.717) is 12.3 Å². The molecule has 0 aliphatic heterocycles. The van der Waals surface area contributed by atoms with E-state index in [1.807, 2.05) is 13.8 Å². The van der Waals surface area contributed by atoms with Crippen LogP contribution in [0.4, 0.5) is 0 Å². The van der Waals surface area contributed by atoms with Crippen molar-refractivity contribution in [3.63, 3.8) is 0 Å². The van der Waals surface area contributed by atoms with Crippen molar-refractivity contribution in [2.24, 2.45) is 0 Å². The van der Waals surface area contributed by atoms with E-state index in [-0.39, 0.29) is 5.91 Å². The number of carbonyl (C=O) groups is 1. The molecule has 0 spiro atoms. The number of halogens is 1. The molecule has 1 rings (SSSR count). The van der Waals surface area contributed by atoms with Crippen LogP contribution in [-0.2, 0) is 4.79 Å². The minimum Gasteiger partial charge on any atom is -0.392 e. The molecule has 0 saturated carbocycles. The van der Waals surface area contributed by atoms with E-state index in [2.05, 4.69) is 33.4 Å². The van der Waals surface area contributed by atoms with Crippen molar-refractivity contribution >= 4 is 33.6 Å². The van der Waals surface area contributed by atoms with Crippen LogP contribution in [0, 0.1) is 13.8 Å². The SMILES string of the molecule is Cc1cc(SCC(=O)NC[C@@H](C)O)c(C)cc1Br. The number of aliphatic hydroxyl groups is 1. The normalized spacial score (nSPS) is 12.3. The molecule has 0 aliphatic carbocycles. The van der Waals surface area contributed by atoms with Gasteiger partial charge in [-0.15, -0.1) is 11.8 Å². The lowest BCUT2D eigenvalue weighted by Gasteiger charge is -2.10. The smallest absolute Gasteiger partial charge is 0.230 e. The van der Waals surface area contributed by atoms with E-state index in [4.69, 9.17) is 5.11 Å². The fourth-order valence-corrected chi connectivity index (χ4v) is 2.76. The largest absolute Gasteiger partial charge is 0.392 e. The number of aryl methyl sites for hydroxylation is 2. The molecule has 0 unspecified atom stereocenters. The zero-order chi connectivity index (χ0) is 13.7. The molecule has 18 heavy (non-hydrogen) atoms. The number of nitrogens with one attached hydrogen (secondary N) is 1. The minimum absolute atomic E-state index is 0.0547. The van der Waals surface area contributed by atoms with Gasteiger partial charge in [0.1, 0.15) is 0 Å². The molecule has 1 amide bonds. The van der Waals surface area contributed by atoms with E-state index < -0.39 is 6.10 Å². The summed E-state index contributed by atoms with van der Waals surface area (Å²) in [6, 6.07) is 4.14. The molecule has 1 aromatic rings. The quantitative estimate of drug-likeness (QED) is 0.815. The van der Waals surface area contributed by atoms with Crippen molar-refractivity contribution in [2.45, 2.75) is 31.8 Å². The first kappa shape index (κ1) is 15.5. The lowest BCUT2D eigenvalue weighted by Crippen LogP contribution is -2.31. The zero-order valence-electron chi connectivity index (χ0n) is 10.8. The number of rotatable bonds is 5. The minimum atomic E-state index is -0.504. The Balaban J connectivity index is 2.53. The second-order valence-electron chi connectivity index (χ2n) is 4.31. The molecule has 1 atom stereocenters. The highest BCUT2D eigenvalue weighted by atomic mass is 79.9. The van der Waals surface area contributed by atoms with Crippen molar-refractivity contribution in [3.05, 3.63) is 27.7 Å². The fraction of sp³-hybridized carbons (Fsp3) is 0.462. The van der Waals surface area contributed by atoms with Gasteiger partial charge < -0.3 is 10.4 Å². The molecule has 0 fully saturated rings. The average molecular weight is 332 g/mol. The molecule has 0 aromatic heterocycles. The molecule has 0 bridgehead atoms. The summed E-state index contributed by atoms with van der Waals surface area (Å²) in [6.45, 7) is 6.01. The maximum atomic E-state index is 11.5. The summed E-state index contributed by atoms with van der Waals surface area (Å²) in [5.74, 6) is 0.315. The fourth-order valence-electron chi connectivity index (χ4n) is 1.37. The first-order valence-corrected chi connectivity index (χ1v) is 7.52. The van der Waals surface area contributed by atoms with Crippen molar-refractivity contribution in [1.82, 2.24) is 5.32 Å². The molecular weight excluding hydrogens is 314 g/mol. The van der Waals surface area contributed by atoms with E-state index in [1.165, 1.54) is 11.8 Å². The van der Waals surface area contributed by atoms with Gasteiger partial charge in [0, 0.05) is 15.9 Å². The monoisotopic (exact) mass is 331 g/mol. The maximum absolute atomic E-state index is 11.5. The highest BCUT2D eigenvalue weighted by molar-refractivity contribution is 9.10. The Morgan fingerprint density at radius 2 is 2.11 bits per heavy atom. The molecule has 0 radical (unpaired) electrons. The van der Waals surface area contributed by atoms with Gasteiger partial charge in [0.15, 0.2) is 0 Å². The molecule has 2 N–H and O–H groups in total. The van der Waals surface area contributed by atoms with Crippen molar-refractivity contribution < 1.29 is 9.90 Å². The Bertz CT molecular complexity index is 435. The van der Waals surface area contributed by atoms with E-state index >= 15 is 0 Å². The summed E-state index contributed by atoms with van der Waals surface area (Å²) >= 11 is 5.00. The third-order valence-electron chi connectivity index (χ3n) is 2.41. The summed E-state index contributed by atoms with van der Waals surface area (Å²) in [4.78, 5) is 12.6. The summed E-state index contributed by atoms with van der Waals surface area (Å²) in [5, 5.41) is 11.7. The number of aliphatic hydroxyl groups excluding tert-OH is 1. The van der Waals surface area contributed by atoms with Crippen molar-refractivity contribution in [3.8, 4) is 0 Å². The van der Waals surface area contributed by atoms with Crippen molar-refractivity contribution in [1.29, 1.82) is 0 Å². The lowest BCUT2D eigenvalue weighted by molar-refractivity contribution is -0.118. The second kappa shape index (κ2) is 7.16. The van der Waals surface area contributed by atoms with Crippen LogP contribution in [0.5, 0.6) is 0 Å². The van der Waals surface area contributed by atoms with Crippen LogP contribution in [0.2, 0.25) is 0 Å². The van der Waals surface area contributed by atoms with Gasteiger partial charge in [-0.2, -0.15) is 0 Å². The van der Waals surface area contributed by atoms with Crippen molar-refractivity contribution in [2.75, 3.05) is 12.3 Å². The Hall–Kier alpha value is -0.520. The lowest BCUT2D eigenvalue weighted by atomic mass is 10.2. The molecule has 0 aliphatic rings. The molecule has 100 valence electrons. The van der Waals surface area contributed by atoms with Crippen LogP contribution in [-0.4, -0.2) is 29.4 Å². The Morgan fingerprint density at radius 3 is 2.72 bits per heavy atom. The van der Waals surface area contributed by atoms with Crippen LogP contribution in [0.1, 0.15) is 18.1 Å². The molecule has 5 heteroatoms. The number of amides is 1. The molecule has 3 nitrogen and oxygen atoms in total. The van der Waals surface area contributed by atoms with Gasteiger partial charge in [-0.1, -0.05) is 15.9 Å². The molecule has 0 saturated heterocycles. The van der Waals surface area contributed by atoms with Gasteiger partial charge in [0.25, 0.3) is 0 Å². The Morgan fingerprint density at radius 1 is 1.44 bits per heavy atom. The van der Waals surface area contributed by atoms with Crippen LogP contribution < -0.4 is 5.32 Å². The second-order valence-corrected chi connectivity index (χ2v) is 6.18. The Kier molecular flexibility index (Phi) is 6.18. The number of hydrogen-bond acceptors (Lipinski definition) is 3. The zero-order valence-corrected chi connectivity index (χ0v) is 13.2. The van der Waals surface area contributed by atoms with Gasteiger partial charge >= 0.3 is 0 Å². The highest BCUT2D eigenvalue weighted by Gasteiger charge is 2.07. The maximum Gasteiger partial charge on any atom is 0.230 e. The Labute approximate surface area is 120 Å². The van der Waals surface area contributed by atoms with Crippen LogP contribution >= 0.6 is 27.7 Å². The van der Waals surface area contributed by atoms with E-state index in [1.54, 1.807) is 6.92 Å². The third-order valence-corrected chi connectivity index (χ3v) is 4.42. The topological polar surface area (TPSA) is 49.3 Å². The summed E-state index contributed by atoms with van der Waals surface area (Å²) in [7, 11) is 0. The summed E-state index contributed by atoms with van der Waals surface area (Å²) in [5.41, 5.74) is 2.31. The first-order valence-electron chi connectivity index (χ1n) is 5.74. The number of carbonyl (C=O) groups excluding carboxylic acids is 1. The first-order chi connectivity index (χ1) is 8.40. The van der Waals surface area contributed by atoms with Crippen LogP contribution in [0.3, 0.4) is 0 Å². The molecule has 1 aromatic carbocycles. The average Bonchev–Trinajstić information content (AvgIpc) is 2.29. The van der Waals surface area contributed by atoms with Gasteiger partial charge in [-0.25, -0.2) is 0 Å². The third kappa shape index (κ3) is 5.00. The van der Waals surface area contributed by atoms with Crippen LogP contribution in [0.15, 0.2) is 21.5 Å². The van der Waals surface area contributed by atoms with E-state index in [9.17, 15) is 4.79 Å². The summed E-state index contributed by atoms with van der Waals surface area (Å²) in [6.07, 6.45) is -0.504. The molecule has 0 heterocycles. The number of benzene rings is 1.